The molecule has 0 saturated carbocycles. The van der Waals surface area contributed by atoms with Gasteiger partial charge >= 0.3 is 0 Å². The Bertz CT molecular complexity index is 478. The number of amides is 1. The van der Waals surface area contributed by atoms with E-state index in [4.69, 9.17) is 10.2 Å². The molecule has 2 rings (SSSR count). The summed E-state index contributed by atoms with van der Waals surface area (Å²) in [5, 5.41) is 0.275. The summed E-state index contributed by atoms with van der Waals surface area (Å²) in [5.74, 6) is -0.481. The Hall–Kier alpha value is -1.49. The molecular formula is C8H6N2O2S. The lowest BCUT2D eigenvalue weighted by Gasteiger charge is -1.92. The Balaban J connectivity index is 2.67. The predicted octanol–water partition coefficient (Wildman–Crippen LogP) is 1.22. The number of carbonyl (C=O) groups excluding carboxylic acids is 1. The number of oxazole rings is 1. The molecule has 0 atom stereocenters. The minimum atomic E-state index is -0.481. The molecule has 1 aromatic heterocycles. The van der Waals surface area contributed by atoms with Crippen LogP contribution in [0, 0.1) is 0 Å². The van der Waals surface area contributed by atoms with Gasteiger partial charge in [-0.15, -0.1) is 0 Å². The van der Waals surface area contributed by atoms with Crippen molar-refractivity contribution in [2.24, 2.45) is 5.73 Å². The molecule has 0 aliphatic heterocycles. The quantitative estimate of drug-likeness (QED) is 0.670. The second-order valence-corrected chi connectivity index (χ2v) is 2.93. The largest absolute Gasteiger partial charge is 0.432 e. The molecule has 66 valence electrons. The summed E-state index contributed by atoms with van der Waals surface area (Å²) in [7, 11) is 0. The molecule has 1 heterocycles. The van der Waals surface area contributed by atoms with Gasteiger partial charge in [-0.2, -0.15) is 0 Å². The van der Waals surface area contributed by atoms with Gasteiger partial charge < -0.3 is 10.2 Å². The summed E-state index contributed by atoms with van der Waals surface area (Å²) in [6.45, 7) is 0. The van der Waals surface area contributed by atoms with Crippen LogP contribution in [0.25, 0.3) is 11.1 Å². The van der Waals surface area contributed by atoms with Gasteiger partial charge in [0.15, 0.2) is 5.58 Å². The van der Waals surface area contributed by atoms with Crippen molar-refractivity contribution in [1.29, 1.82) is 0 Å². The summed E-state index contributed by atoms with van der Waals surface area (Å²) < 4.78 is 5.10. The van der Waals surface area contributed by atoms with Crippen molar-refractivity contribution in [2.75, 3.05) is 0 Å². The van der Waals surface area contributed by atoms with Gasteiger partial charge in [0, 0.05) is 5.56 Å². The summed E-state index contributed by atoms with van der Waals surface area (Å²) in [5.41, 5.74) is 6.68. The normalized spacial score (nSPS) is 10.5. The molecule has 0 bridgehead atoms. The first-order valence-electron chi connectivity index (χ1n) is 3.56. The third-order valence-electron chi connectivity index (χ3n) is 1.66. The van der Waals surface area contributed by atoms with Crippen molar-refractivity contribution in [3.63, 3.8) is 0 Å². The molecule has 1 amide bonds. The van der Waals surface area contributed by atoms with Crippen molar-refractivity contribution in [1.82, 2.24) is 4.98 Å². The second-order valence-electron chi connectivity index (χ2n) is 2.54. The molecular weight excluding hydrogens is 188 g/mol. The van der Waals surface area contributed by atoms with Crippen molar-refractivity contribution in [2.45, 2.75) is 5.22 Å². The maximum absolute atomic E-state index is 10.8. The highest BCUT2D eigenvalue weighted by Gasteiger charge is 2.05. The van der Waals surface area contributed by atoms with E-state index in [2.05, 4.69) is 17.6 Å². The number of hydrogen-bond donors (Lipinski definition) is 2. The predicted molar refractivity (Wildman–Crippen MR) is 49.8 cm³/mol. The van der Waals surface area contributed by atoms with Crippen LogP contribution in [0.15, 0.2) is 27.8 Å². The monoisotopic (exact) mass is 194 g/mol. The number of fused-ring (bicyclic) bond motifs is 1. The highest BCUT2D eigenvalue weighted by atomic mass is 32.1. The summed E-state index contributed by atoms with van der Waals surface area (Å²) in [4.78, 5) is 14.7. The zero-order valence-electron chi connectivity index (χ0n) is 6.52. The van der Waals surface area contributed by atoms with Gasteiger partial charge in [0.2, 0.25) is 5.91 Å². The second kappa shape index (κ2) is 2.77. The minimum absolute atomic E-state index is 0.275. The topological polar surface area (TPSA) is 69.1 Å². The molecule has 0 aliphatic rings. The van der Waals surface area contributed by atoms with E-state index in [1.165, 1.54) is 0 Å². The fourth-order valence-electron chi connectivity index (χ4n) is 1.07. The van der Waals surface area contributed by atoms with Gasteiger partial charge in [-0.25, -0.2) is 4.98 Å². The Morgan fingerprint density at radius 2 is 2.31 bits per heavy atom. The third-order valence-corrected chi connectivity index (χ3v) is 1.85. The highest BCUT2D eigenvalue weighted by Crippen LogP contribution is 2.18. The third kappa shape index (κ3) is 1.38. The van der Waals surface area contributed by atoms with E-state index in [1.807, 2.05) is 0 Å². The van der Waals surface area contributed by atoms with Crippen LogP contribution >= 0.6 is 12.6 Å². The maximum Gasteiger partial charge on any atom is 0.253 e. The molecule has 5 heteroatoms. The SMILES string of the molecule is NC(=O)c1ccc2oc(S)nc2c1. The lowest BCUT2D eigenvalue weighted by atomic mass is 10.2. The average Bonchev–Trinajstić information content (AvgIpc) is 2.42. The maximum atomic E-state index is 10.8. The molecule has 13 heavy (non-hydrogen) atoms. The van der Waals surface area contributed by atoms with E-state index in [-0.39, 0.29) is 5.22 Å². The van der Waals surface area contributed by atoms with Gasteiger partial charge in [-0.3, -0.25) is 4.79 Å². The average molecular weight is 194 g/mol. The number of primary amides is 1. The van der Waals surface area contributed by atoms with Crippen molar-refractivity contribution < 1.29 is 9.21 Å². The lowest BCUT2D eigenvalue weighted by molar-refractivity contribution is 0.100. The van der Waals surface area contributed by atoms with Gasteiger partial charge in [0.1, 0.15) is 5.52 Å². The van der Waals surface area contributed by atoms with Crippen molar-refractivity contribution in [3.05, 3.63) is 23.8 Å². The minimum Gasteiger partial charge on any atom is -0.432 e. The Labute approximate surface area is 79.1 Å². The molecule has 2 aromatic rings. The van der Waals surface area contributed by atoms with Crippen LogP contribution in [-0.2, 0) is 0 Å². The number of nitrogens with two attached hydrogens (primary N) is 1. The Kier molecular flexibility index (Phi) is 1.73. The molecule has 0 aliphatic carbocycles. The van der Waals surface area contributed by atoms with E-state index in [9.17, 15) is 4.79 Å². The van der Waals surface area contributed by atoms with Crippen LogP contribution in [0.1, 0.15) is 10.4 Å². The van der Waals surface area contributed by atoms with Gasteiger partial charge in [-0.05, 0) is 18.2 Å². The van der Waals surface area contributed by atoms with Crippen LogP contribution < -0.4 is 5.73 Å². The smallest absolute Gasteiger partial charge is 0.253 e. The van der Waals surface area contributed by atoms with Crippen molar-refractivity contribution in [3.8, 4) is 0 Å². The van der Waals surface area contributed by atoms with Gasteiger partial charge in [0.25, 0.3) is 5.22 Å². The summed E-state index contributed by atoms with van der Waals surface area (Å²) in [6.07, 6.45) is 0. The number of hydrogen-bond acceptors (Lipinski definition) is 4. The molecule has 1 aromatic carbocycles. The fourth-order valence-corrected chi connectivity index (χ4v) is 1.27. The van der Waals surface area contributed by atoms with E-state index < -0.39 is 5.91 Å². The standard InChI is InChI=1S/C8H6N2O2S/c9-7(11)4-1-2-6-5(3-4)10-8(13)12-6/h1-3H,(H2,9,11)(H,10,13). The number of benzene rings is 1. The summed E-state index contributed by atoms with van der Waals surface area (Å²) >= 11 is 3.93. The van der Waals surface area contributed by atoms with Crippen LogP contribution in [0.3, 0.4) is 0 Å². The highest BCUT2D eigenvalue weighted by molar-refractivity contribution is 7.80. The van der Waals surface area contributed by atoms with Gasteiger partial charge in [-0.1, -0.05) is 12.6 Å². The number of rotatable bonds is 1. The van der Waals surface area contributed by atoms with Gasteiger partial charge in [0.05, 0.1) is 0 Å². The first-order valence-corrected chi connectivity index (χ1v) is 4.01. The van der Waals surface area contributed by atoms with E-state index in [1.54, 1.807) is 18.2 Å². The first-order chi connectivity index (χ1) is 6.16. The Morgan fingerprint density at radius 1 is 1.54 bits per heavy atom. The molecule has 4 nitrogen and oxygen atoms in total. The molecule has 0 radical (unpaired) electrons. The van der Waals surface area contributed by atoms with Crippen LogP contribution in [0.2, 0.25) is 0 Å². The number of thiol groups is 1. The van der Waals surface area contributed by atoms with E-state index >= 15 is 0 Å². The van der Waals surface area contributed by atoms with Crippen molar-refractivity contribution >= 4 is 29.6 Å². The molecule has 0 fully saturated rings. The molecule has 2 N–H and O–H groups in total. The van der Waals surface area contributed by atoms with E-state index in [0.29, 0.717) is 16.7 Å². The van der Waals surface area contributed by atoms with Crippen LogP contribution in [0.4, 0.5) is 0 Å². The van der Waals surface area contributed by atoms with Crippen LogP contribution in [0.5, 0.6) is 0 Å². The number of aromatic nitrogens is 1. The van der Waals surface area contributed by atoms with E-state index in [0.717, 1.165) is 0 Å². The zero-order valence-corrected chi connectivity index (χ0v) is 7.41. The van der Waals surface area contributed by atoms with Crippen LogP contribution in [-0.4, -0.2) is 10.9 Å². The number of nitrogens with zero attached hydrogens (tertiary/aromatic N) is 1. The Morgan fingerprint density at radius 3 is 3.00 bits per heavy atom. The molecule has 0 saturated heterocycles. The zero-order chi connectivity index (χ0) is 9.42. The summed E-state index contributed by atoms with van der Waals surface area (Å²) in [6, 6.07) is 4.80. The molecule has 0 spiro atoms. The first kappa shape index (κ1) is 8.12. The fraction of sp³-hybridized carbons (Fsp3) is 0. The number of carbonyl (C=O) groups is 1. The molecule has 0 unspecified atom stereocenters. The lowest BCUT2D eigenvalue weighted by Crippen LogP contribution is -2.10.